The quantitative estimate of drug-likeness (QED) is 0.296. The molecular weight excluding hydrogens is 442 g/mol. The predicted octanol–water partition coefficient (Wildman–Crippen LogP) is 3.50. The van der Waals surface area contributed by atoms with E-state index in [1.807, 2.05) is 0 Å². The van der Waals surface area contributed by atoms with Crippen molar-refractivity contribution in [3.05, 3.63) is 12.2 Å². The highest BCUT2D eigenvalue weighted by atomic mass is 32.3. The van der Waals surface area contributed by atoms with E-state index in [0.717, 1.165) is 0 Å². The normalized spacial score (nSPS) is 15.0. The van der Waals surface area contributed by atoms with Gasteiger partial charge in [0, 0.05) is 0 Å². The number of rotatable bonds is 9. The van der Waals surface area contributed by atoms with Crippen LogP contribution in [0.1, 0.15) is 40.0 Å². The van der Waals surface area contributed by atoms with Crippen LogP contribution < -0.4 is 0 Å². The molecule has 0 fully saturated rings. The van der Waals surface area contributed by atoms with Gasteiger partial charge in [-0.3, -0.25) is 4.79 Å². The molecule has 0 aliphatic carbocycles. The minimum Gasteiger partial charge on any atom is -0.462 e. The van der Waals surface area contributed by atoms with Gasteiger partial charge in [0.1, 0.15) is 6.10 Å². The lowest BCUT2D eigenvalue weighted by Gasteiger charge is -2.25. The zero-order valence-electron chi connectivity index (χ0n) is 15.1. The highest BCUT2D eigenvalue weighted by molar-refractivity contribution is 8.09. The average molecular weight is 462 g/mol. The van der Waals surface area contributed by atoms with Gasteiger partial charge in [0.05, 0.1) is 6.42 Å². The van der Waals surface area contributed by atoms with Crippen molar-refractivity contribution < 1.29 is 52.7 Å². The number of sulfone groups is 2. The lowest BCUT2D eigenvalue weighted by molar-refractivity contribution is -0.150. The third-order valence-corrected chi connectivity index (χ3v) is 8.16. The van der Waals surface area contributed by atoms with E-state index in [0.29, 0.717) is 5.57 Å². The number of ether oxygens (including phenoxy) is 1. The number of halogens is 6. The van der Waals surface area contributed by atoms with E-state index >= 15 is 0 Å². The number of hydrogen-bond acceptors (Lipinski definition) is 6. The summed E-state index contributed by atoms with van der Waals surface area (Å²) in [5, 5.41) is 0. The standard InChI is InChI=1S/C14H20F6O6S2/c1-8(2)7-11(21)26-10(9(3)4)5-6-12(27(22,23)13(15,16)17)28(24,25)14(18,19)20/h9-10,12H,1,5-7H2,2-4H3. The van der Waals surface area contributed by atoms with Crippen molar-refractivity contribution in [2.24, 2.45) is 5.92 Å². The lowest BCUT2D eigenvalue weighted by atomic mass is 10.0. The Morgan fingerprint density at radius 2 is 1.32 bits per heavy atom. The van der Waals surface area contributed by atoms with Crippen molar-refractivity contribution in [3.8, 4) is 0 Å². The van der Waals surface area contributed by atoms with Gasteiger partial charge in [0.15, 0.2) is 4.58 Å². The van der Waals surface area contributed by atoms with Gasteiger partial charge in [-0.1, -0.05) is 26.0 Å². The Morgan fingerprint density at radius 1 is 0.929 bits per heavy atom. The third-order valence-electron chi connectivity index (χ3n) is 3.50. The first-order valence-corrected chi connectivity index (χ1v) is 10.8. The maximum atomic E-state index is 12.7. The monoisotopic (exact) mass is 462 g/mol. The molecule has 0 aliphatic rings. The minimum atomic E-state index is -6.71. The molecular formula is C14H20F6O6S2. The average Bonchev–Trinajstić information content (AvgIpc) is 2.42. The van der Waals surface area contributed by atoms with Crippen LogP contribution in [0.15, 0.2) is 12.2 Å². The number of alkyl halides is 6. The van der Waals surface area contributed by atoms with E-state index in [1.54, 1.807) is 0 Å². The van der Waals surface area contributed by atoms with E-state index < -0.39 is 66.1 Å². The highest BCUT2D eigenvalue weighted by Gasteiger charge is 2.62. The molecule has 1 unspecified atom stereocenters. The molecule has 0 aliphatic heterocycles. The van der Waals surface area contributed by atoms with E-state index in [9.17, 15) is 48.0 Å². The maximum absolute atomic E-state index is 12.7. The van der Waals surface area contributed by atoms with Crippen molar-refractivity contribution in [2.45, 2.75) is 61.7 Å². The zero-order valence-corrected chi connectivity index (χ0v) is 16.7. The molecule has 166 valence electrons. The van der Waals surface area contributed by atoms with Gasteiger partial charge in [0.2, 0.25) is 0 Å². The van der Waals surface area contributed by atoms with Crippen LogP contribution in [0.2, 0.25) is 0 Å². The van der Waals surface area contributed by atoms with Crippen LogP contribution in [-0.2, 0) is 29.2 Å². The van der Waals surface area contributed by atoms with Crippen LogP contribution in [0, 0.1) is 5.92 Å². The topological polar surface area (TPSA) is 94.6 Å². The highest BCUT2D eigenvalue weighted by Crippen LogP contribution is 2.38. The first kappa shape index (κ1) is 26.7. The number of hydrogen-bond donors (Lipinski definition) is 0. The molecule has 0 aromatic carbocycles. The van der Waals surface area contributed by atoms with Crippen LogP contribution in [0.3, 0.4) is 0 Å². The van der Waals surface area contributed by atoms with Crippen molar-refractivity contribution in [2.75, 3.05) is 0 Å². The Labute approximate surface area is 158 Å². The molecule has 0 heterocycles. The molecule has 0 spiro atoms. The fraction of sp³-hybridized carbons (Fsp3) is 0.786. The Kier molecular flexibility index (Phi) is 8.59. The fourth-order valence-corrected chi connectivity index (χ4v) is 5.54. The van der Waals surface area contributed by atoms with Gasteiger partial charge >= 0.3 is 17.0 Å². The molecule has 0 radical (unpaired) electrons. The molecule has 0 amide bonds. The summed E-state index contributed by atoms with van der Waals surface area (Å²) in [4.78, 5) is 11.6. The Hall–Kier alpha value is -1.31. The molecule has 0 rings (SSSR count). The van der Waals surface area contributed by atoms with Gasteiger partial charge in [0.25, 0.3) is 19.7 Å². The Morgan fingerprint density at radius 3 is 1.61 bits per heavy atom. The number of esters is 1. The first-order chi connectivity index (χ1) is 12.2. The van der Waals surface area contributed by atoms with Crippen molar-refractivity contribution in [3.63, 3.8) is 0 Å². The zero-order chi connectivity index (χ0) is 22.7. The maximum Gasteiger partial charge on any atom is 0.498 e. The summed E-state index contributed by atoms with van der Waals surface area (Å²) in [6.07, 6.45) is -4.00. The molecule has 0 saturated heterocycles. The third kappa shape index (κ3) is 6.64. The van der Waals surface area contributed by atoms with Gasteiger partial charge in [-0.25, -0.2) is 16.8 Å². The summed E-state index contributed by atoms with van der Waals surface area (Å²) in [5.74, 6) is -1.53. The first-order valence-electron chi connectivity index (χ1n) is 7.69. The predicted molar refractivity (Wildman–Crippen MR) is 87.1 cm³/mol. The van der Waals surface area contributed by atoms with Gasteiger partial charge in [-0.05, 0) is 25.7 Å². The number of carbonyl (C=O) groups excluding carboxylic acids is 1. The summed E-state index contributed by atoms with van der Waals surface area (Å²) in [7, 11) is -13.4. The molecule has 28 heavy (non-hydrogen) atoms. The minimum absolute atomic E-state index is 0.283. The summed E-state index contributed by atoms with van der Waals surface area (Å²) in [6, 6.07) is 0. The Balaban J connectivity index is 5.86. The van der Waals surface area contributed by atoms with Gasteiger partial charge < -0.3 is 4.74 Å². The van der Waals surface area contributed by atoms with Crippen molar-refractivity contribution >= 4 is 25.6 Å². The second-order valence-electron chi connectivity index (χ2n) is 6.39. The molecule has 0 saturated carbocycles. The largest absolute Gasteiger partial charge is 0.498 e. The van der Waals surface area contributed by atoms with Crippen LogP contribution in [0.5, 0.6) is 0 Å². The smallest absolute Gasteiger partial charge is 0.462 e. The molecule has 0 bridgehead atoms. The molecule has 0 aromatic rings. The van der Waals surface area contributed by atoms with Crippen LogP contribution in [-0.4, -0.2) is 44.5 Å². The van der Waals surface area contributed by atoms with Crippen LogP contribution in [0.25, 0.3) is 0 Å². The molecule has 1 atom stereocenters. The fourth-order valence-electron chi connectivity index (χ4n) is 2.06. The summed E-state index contributed by atoms with van der Waals surface area (Å²) in [5.41, 5.74) is -12.1. The number of carbonyl (C=O) groups is 1. The lowest BCUT2D eigenvalue weighted by Crippen LogP contribution is -2.45. The van der Waals surface area contributed by atoms with E-state index in [4.69, 9.17) is 4.74 Å². The molecule has 0 N–H and O–H groups in total. The summed E-state index contributed by atoms with van der Waals surface area (Å²) >= 11 is 0. The van der Waals surface area contributed by atoms with E-state index in [-0.39, 0.29) is 6.42 Å². The molecule has 14 heteroatoms. The second kappa shape index (κ2) is 9.01. The second-order valence-corrected chi connectivity index (χ2v) is 10.9. The molecule has 0 aromatic heterocycles. The van der Waals surface area contributed by atoms with Crippen LogP contribution in [0.4, 0.5) is 26.3 Å². The van der Waals surface area contributed by atoms with Crippen molar-refractivity contribution in [1.29, 1.82) is 0 Å². The van der Waals surface area contributed by atoms with Gasteiger partial charge in [-0.15, -0.1) is 0 Å². The summed E-state index contributed by atoms with van der Waals surface area (Å²) in [6.45, 7) is 7.71. The SMILES string of the molecule is C=C(C)CC(=O)OC(CCC(S(=O)(=O)C(F)(F)F)S(=O)(=O)C(F)(F)F)C(C)C. The summed E-state index contributed by atoms with van der Waals surface area (Å²) < 4.78 is 123. The van der Waals surface area contributed by atoms with Gasteiger partial charge in [-0.2, -0.15) is 26.3 Å². The van der Waals surface area contributed by atoms with Crippen molar-refractivity contribution in [1.82, 2.24) is 0 Å². The Bertz CT molecular complexity index is 736. The molecule has 6 nitrogen and oxygen atoms in total. The van der Waals surface area contributed by atoms with E-state index in [1.165, 1.54) is 20.8 Å². The van der Waals surface area contributed by atoms with Crippen LogP contribution >= 0.6 is 0 Å². The van der Waals surface area contributed by atoms with E-state index in [2.05, 4.69) is 6.58 Å².